The summed E-state index contributed by atoms with van der Waals surface area (Å²) in [6.07, 6.45) is 6.11. The Balaban J connectivity index is 1.60. The van der Waals surface area contributed by atoms with Gasteiger partial charge in [-0.25, -0.2) is 8.42 Å². The Morgan fingerprint density at radius 3 is 2.50 bits per heavy atom. The van der Waals surface area contributed by atoms with Gasteiger partial charge in [-0.1, -0.05) is 19.8 Å². The minimum atomic E-state index is -3.52. The molecule has 3 heterocycles. The maximum Gasteiger partial charge on any atom is 0.289 e. The Kier molecular flexibility index (Phi) is 5.47. The van der Waals surface area contributed by atoms with Crippen LogP contribution in [0, 0.1) is 5.92 Å². The van der Waals surface area contributed by atoms with Crippen molar-refractivity contribution in [2.45, 2.75) is 50.3 Å². The number of sulfonamides is 1. The average molecular weight is 405 g/mol. The number of piperidine rings is 1. The molecule has 4 rings (SSSR count). The van der Waals surface area contributed by atoms with Gasteiger partial charge in [-0.15, -0.1) is 0 Å². The maximum atomic E-state index is 13.0. The van der Waals surface area contributed by atoms with Gasteiger partial charge in [-0.3, -0.25) is 4.79 Å². The van der Waals surface area contributed by atoms with Gasteiger partial charge in [0.2, 0.25) is 10.0 Å². The molecular weight excluding hydrogens is 376 g/mol. The van der Waals surface area contributed by atoms with Gasteiger partial charge >= 0.3 is 0 Å². The zero-order chi connectivity index (χ0) is 19.7. The Morgan fingerprint density at radius 1 is 1.04 bits per heavy atom. The number of benzene rings is 1. The van der Waals surface area contributed by atoms with E-state index in [9.17, 15) is 13.2 Å². The van der Waals surface area contributed by atoms with Crippen molar-refractivity contribution in [3.05, 3.63) is 30.0 Å². The fourth-order valence-corrected chi connectivity index (χ4v) is 5.80. The summed E-state index contributed by atoms with van der Waals surface area (Å²) in [4.78, 5) is 14.9. The molecule has 2 saturated heterocycles. The summed E-state index contributed by atoms with van der Waals surface area (Å²) in [6, 6.07) is 6.56. The number of carbonyl (C=O) groups is 1. The molecule has 0 bridgehead atoms. The molecule has 1 aromatic carbocycles. The number of fused-ring (bicyclic) bond motifs is 1. The van der Waals surface area contributed by atoms with E-state index < -0.39 is 10.0 Å². The second-order valence-electron chi connectivity index (χ2n) is 8.13. The lowest BCUT2D eigenvalue weighted by atomic mass is 10.0. The van der Waals surface area contributed by atoms with Crippen LogP contribution < -0.4 is 0 Å². The molecule has 2 fully saturated rings. The first-order valence-electron chi connectivity index (χ1n) is 10.3. The number of furan rings is 1. The van der Waals surface area contributed by atoms with Crippen LogP contribution in [0.5, 0.6) is 0 Å². The SMILES string of the molecule is CC1CCCN(C(=O)c2cc3cc(S(=O)(=O)N4CCCCCC4)ccc3o2)C1. The molecule has 152 valence electrons. The predicted octanol–water partition coefficient (Wildman–Crippen LogP) is 3.87. The summed E-state index contributed by atoms with van der Waals surface area (Å²) in [5, 5.41) is 0.657. The lowest BCUT2D eigenvalue weighted by Crippen LogP contribution is -2.38. The van der Waals surface area contributed by atoms with Crippen molar-refractivity contribution in [2.24, 2.45) is 5.92 Å². The van der Waals surface area contributed by atoms with E-state index in [0.29, 0.717) is 30.0 Å². The lowest BCUT2D eigenvalue weighted by molar-refractivity contribution is 0.0653. The van der Waals surface area contributed by atoms with Crippen LogP contribution in [0.25, 0.3) is 11.0 Å². The van der Waals surface area contributed by atoms with Crippen LogP contribution in [0.1, 0.15) is 56.0 Å². The normalized spacial score (nSPS) is 22.3. The zero-order valence-electron chi connectivity index (χ0n) is 16.4. The van der Waals surface area contributed by atoms with Crippen LogP contribution >= 0.6 is 0 Å². The summed E-state index contributed by atoms with van der Waals surface area (Å²) in [6.45, 7) is 4.78. The Hall–Kier alpha value is -1.86. The van der Waals surface area contributed by atoms with E-state index in [1.54, 1.807) is 28.6 Å². The number of hydrogen-bond donors (Lipinski definition) is 0. The third-order valence-corrected chi connectivity index (χ3v) is 7.74. The van der Waals surface area contributed by atoms with Crippen LogP contribution in [0.3, 0.4) is 0 Å². The van der Waals surface area contributed by atoms with E-state index in [2.05, 4.69) is 6.92 Å². The van der Waals surface area contributed by atoms with Crippen molar-refractivity contribution in [2.75, 3.05) is 26.2 Å². The highest BCUT2D eigenvalue weighted by Crippen LogP contribution is 2.27. The minimum Gasteiger partial charge on any atom is -0.451 e. The van der Waals surface area contributed by atoms with Gasteiger partial charge < -0.3 is 9.32 Å². The van der Waals surface area contributed by atoms with Gasteiger partial charge in [0.15, 0.2) is 5.76 Å². The van der Waals surface area contributed by atoms with Crippen molar-refractivity contribution < 1.29 is 17.6 Å². The molecule has 2 aliphatic rings. The van der Waals surface area contributed by atoms with Crippen molar-refractivity contribution >= 4 is 26.9 Å². The van der Waals surface area contributed by atoms with Gasteiger partial charge in [0.25, 0.3) is 5.91 Å². The fourth-order valence-electron chi connectivity index (χ4n) is 4.25. The summed E-state index contributed by atoms with van der Waals surface area (Å²) in [5.74, 6) is 0.667. The molecule has 7 heteroatoms. The molecule has 2 aliphatic heterocycles. The molecule has 0 N–H and O–H groups in total. The topological polar surface area (TPSA) is 70.8 Å². The highest BCUT2D eigenvalue weighted by Gasteiger charge is 2.27. The maximum absolute atomic E-state index is 13.0. The minimum absolute atomic E-state index is 0.111. The lowest BCUT2D eigenvalue weighted by Gasteiger charge is -2.30. The second kappa shape index (κ2) is 7.87. The molecule has 1 amide bonds. The Bertz CT molecular complexity index is 958. The second-order valence-corrected chi connectivity index (χ2v) is 10.1. The Morgan fingerprint density at radius 2 is 1.79 bits per heavy atom. The van der Waals surface area contributed by atoms with Gasteiger partial charge in [-0.2, -0.15) is 4.31 Å². The summed E-state index contributed by atoms with van der Waals surface area (Å²) in [7, 11) is -3.52. The van der Waals surface area contributed by atoms with Gasteiger partial charge in [0.05, 0.1) is 4.90 Å². The van der Waals surface area contributed by atoms with Gasteiger partial charge in [0, 0.05) is 31.6 Å². The van der Waals surface area contributed by atoms with Crippen LogP contribution in [0.15, 0.2) is 33.6 Å². The average Bonchev–Trinajstić information content (AvgIpc) is 2.91. The molecule has 0 radical (unpaired) electrons. The number of hydrogen-bond acceptors (Lipinski definition) is 4. The number of amides is 1. The molecule has 0 saturated carbocycles. The van der Waals surface area contributed by atoms with Crippen molar-refractivity contribution in [3.8, 4) is 0 Å². The first-order valence-corrected chi connectivity index (χ1v) is 11.7. The smallest absolute Gasteiger partial charge is 0.289 e. The standard InChI is InChI=1S/C21H28N2O4S/c1-16-7-6-10-22(15-16)21(24)20-14-17-13-18(8-9-19(17)27-20)28(25,26)23-11-4-2-3-5-12-23/h8-9,13-14,16H,2-7,10-12,15H2,1H3. The quantitative estimate of drug-likeness (QED) is 0.779. The zero-order valence-corrected chi connectivity index (χ0v) is 17.2. The van der Waals surface area contributed by atoms with Crippen molar-refractivity contribution in [3.63, 3.8) is 0 Å². The largest absolute Gasteiger partial charge is 0.451 e. The number of nitrogens with zero attached hydrogens (tertiary/aromatic N) is 2. The molecule has 2 aromatic rings. The first kappa shape index (κ1) is 19.5. The van der Waals surface area contributed by atoms with E-state index >= 15 is 0 Å². The third kappa shape index (κ3) is 3.82. The van der Waals surface area contributed by atoms with Crippen molar-refractivity contribution in [1.29, 1.82) is 0 Å². The van der Waals surface area contributed by atoms with Crippen LogP contribution in [0.2, 0.25) is 0 Å². The van der Waals surface area contributed by atoms with E-state index in [1.807, 2.05) is 4.90 Å². The highest BCUT2D eigenvalue weighted by atomic mass is 32.2. The van der Waals surface area contributed by atoms with Crippen LogP contribution in [0.4, 0.5) is 0 Å². The predicted molar refractivity (Wildman–Crippen MR) is 108 cm³/mol. The van der Waals surface area contributed by atoms with E-state index in [1.165, 1.54) is 0 Å². The van der Waals surface area contributed by atoms with Crippen LogP contribution in [-0.2, 0) is 10.0 Å². The fraction of sp³-hybridized carbons (Fsp3) is 0.571. The third-order valence-electron chi connectivity index (χ3n) is 5.85. The van der Waals surface area contributed by atoms with Crippen molar-refractivity contribution in [1.82, 2.24) is 9.21 Å². The molecule has 28 heavy (non-hydrogen) atoms. The molecule has 1 atom stereocenters. The number of carbonyl (C=O) groups excluding carboxylic acids is 1. The van der Waals surface area contributed by atoms with E-state index in [0.717, 1.165) is 51.6 Å². The van der Waals surface area contributed by atoms with Crippen LogP contribution in [-0.4, -0.2) is 49.7 Å². The molecular formula is C21H28N2O4S. The summed E-state index contributed by atoms with van der Waals surface area (Å²) >= 11 is 0. The Labute approximate surface area is 166 Å². The molecule has 0 aliphatic carbocycles. The van der Waals surface area contributed by atoms with Gasteiger partial charge in [-0.05, 0) is 55.9 Å². The van der Waals surface area contributed by atoms with E-state index in [4.69, 9.17) is 4.42 Å². The van der Waals surface area contributed by atoms with Gasteiger partial charge in [0.1, 0.15) is 5.58 Å². The molecule has 1 unspecified atom stereocenters. The summed E-state index contributed by atoms with van der Waals surface area (Å²) in [5.41, 5.74) is 0.545. The monoisotopic (exact) mass is 404 g/mol. The number of likely N-dealkylation sites (tertiary alicyclic amines) is 1. The first-order chi connectivity index (χ1) is 13.4. The molecule has 0 spiro atoms. The molecule has 1 aromatic heterocycles. The molecule has 6 nitrogen and oxygen atoms in total. The van der Waals surface area contributed by atoms with E-state index in [-0.39, 0.29) is 16.6 Å². The summed E-state index contributed by atoms with van der Waals surface area (Å²) < 4.78 is 33.4. The number of rotatable bonds is 3. The highest BCUT2D eigenvalue weighted by molar-refractivity contribution is 7.89.